The number of carboxylic acid groups (broad SMARTS) is 5. The first-order valence-electron chi connectivity index (χ1n) is 19.5. The molecule has 0 amide bonds. The molecule has 0 bridgehead atoms. The van der Waals surface area contributed by atoms with Gasteiger partial charge in [-0.3, -0.25) is 62.8 Å². The van der Waals surface area contributed by atoms with Crippen molar-refractivity contribution in [1.29, 1.82) is 0 Å². The molecule has 1 unspecified atom stereocenters. The molecule has 0 radical (unpaired) electrons. The van der Waals surface area contributed by atoms with Crippen LogP contribution in [0.1, 0.15) is 26.3 Å². The lowest BCUT2D eigenvalue weighted by Crippen LogP contribution is -2.52. The van der Waals surface area contributed by atoms with Crippen LogP contribution in [0.3, 0.4) is 0 Å². The maximum absolute atomic E-state index is 13.4. The van der Waals surface area contributed by atoms with Gasteiger partial charge in [-0.1, -0.05) is 30.3 Å². The summed E-state index contributed by atoms with van der Waals surface area (Å²) in [6, 6.07) is 7.80. The topological polar surface area (TPSA) is 340 Å². The number of carboxylic acids is 5. The van der Waals surface area contributed by atoms with E-state index in [1.54, 1.807) is 23.1 Å². The summed E-state index contributed by atoms with van der Waals surface area (Å²) < 4.78 is 31.5. The highest BCUT2D eigenvalue weighted by molar-refractivity contribution is 5.79. The molecule has 0 spiro atoms. The summed E-state index contributed by atoms with van der Waals surface area (Å²) in [5, 5.41) is 46.9. The normalized spacial score (nSPS) is 11.8. The summed E-state index contributed by atoms with van der Waals surface area (Å²) in [7, 11) is 0. The van der Waals surface area contributed by atoms with Crippen LogP contribution in [0.25, 0.3) is 0 Å². The van der Waals surface area contributed by atoms with E-state index in [-0.39, 0.29) is 39.4 Å². The Morgan fingerprint density at radius 2 is 1.00 bits per heavy atom. The number of carbonyl (C=O) groups excluding carboxylic acids is 5. The molecule has 0 heterocycles. The smallest absolute Gasteiger partial charge is 0.332 e. The zero-order valence-corrected chi connectivity index (χ0v) is 35.7. The third-order valence-electron chi connectivity index (χ3n) is 8.66. The fraction of sp³-hybridized carbons (Fsp3) is 0.590. The first kappa shape index (κ1) is 55.7. The van der Waals surface area contributed by atoms with Gasteiger partial charge < -0.3 is 54.0 Å². The lowest BCUT2D eigenvalue weighted by Gasteiger charge is -2.33. The Bertz CT molecular complexity index is 1650. The van der Waals surface area contributed by atoms with Crippen molar-refractivity contribution in [2.75, 3.05) is 112 Å². The summed E-state index contributed by atoms with van der Waals surface area (Å²) in [6.07, 6.45) is 0. The van der Waals surface area contributed by atoms with Gasteiger partial charge >= 0.3 is 59.7 Å². The van der Waals surface area contributed by atoms with Gasteiger partial charge in [-0.2, -0.15) is 0 Å². The molecule has 1 aromatic carbocycles. The highest BCUT2D eigenvalue weighted by Gasteiger charge is 2.45. The highest BCUT2D eigenvalue weighted by Crippen LogP contribution is 2.23. The van der Waals surface area contributed by atoms with Crippen molar-refractivity contribution in [3.63, 3.8) is 0 Å². The molecular formula is C39H56N4O21. The Kier molecular flexibility index (Phi) is 26.1. The predicted octanol–water partition coefficient (Wildman–Crippen LogP) is -2.04. The van der Waals surface area contributed by atoms with E-state index >= 15 is 0 Å². The average molecular weight is 917 g/mol. The molecule has 25 heteroatoms. The number of carbonyl (C=O) groups is 10. The van der Waals surface area contributed by atoms with E-state index in [0.29, 0.717) is 6.54 Å². The molecule has 0 saturated heterocycles. The second kappa shape index (κ2) is 29.9. The number of hydrogen-bond acceptors (Lipinski definition) is 20. The molecule has 1 atom stereocenters. The zero-order valence-electron chi connectivity index (χ0n) is 35.7. The Morgan fingerprint density at radius 1 is 0.547 bits per heavy atom. The minimum atomic E-state index is -1.90. The Balaban J connectivity index is 3.11. The van der Waals surface area contributed by atoms with Gasteiger partial charge in [-0.25, -0.2) is 4.79 Å². The van der Waals surface area contributed by atoms with E-state index in [2.05, 4.69) is 0 Å². The van der Waals surface area contributed by atoms with Crippen LogP contribution in [-0.4, -0.2) is 223 Å². The number of ether oxygens (including phenoxy) is 6. The number of rotatable bonds is 35. The molecule has 5 N–H and O–H groups in total. The summed E-state index contributed by atoms with van der Waals surface area (Å²) in [4.78, 5) is 124. The largest absolute Gasteiger partial charge is 0.480 e. The Labute approximate surface area is 367 Å². The van der Waals surface area contributed by atoms with Crippen molar-refractivity contribution in [2.45, 2.75) is 33.4 Å². The number of aliphatic carboxylic acids is 5. The van der Waals surface area contributed by atoms with Gasteiger partial charge in [-0.15, -0.1) is 0 Å². The minimum Gasteiger partial charge on any atom is -0.480 e. The quantitative estimate of drug-likeness (QED) is 0.0278. The Hall–Kier alpha value is -6.28. The molecular weight excluding hydrogens is 860 g/mol. The van der Waals surface area contributed by atoms with E-state index in [0.717, 1.165) is 36.1 Å². The third-order valence-corrected chi connectivity index (χ3v) is 8.66. The van der Waals surface area contributed by atoms with Crippen molar-refractivity contribution >= 4 is 59.7 Å². The van der Waals surface area contributed by atoms with Crippen LogP contribution in [-0.2, 0) is 82.9 Å². The van der Waals surface area contributed by atoms with E-state index in [4.69, 9.17) is 38.6 Å². The van der Waals surface area contributed by atoms with E-state index in [9.17, 15) is 63.3 Å². The SMILES string of the molecule is CC(=O)OCC(COC(C)=O)(COC(C)=O)C(=O)OCCN(CCOCC(=O)OCC(CN(CCN(CC(=O)O)CC(=O)O)CC(=O)O)N(CC(=O)O)CC(=O)O)Cc1ccccc1. The van der Waals surface area contributed by atoms with E-state index in [1.807, 2.05) is 12.1 Å². The molecule has 1 rings (SSSR count). The van der Waals surface area contributed by atoms with Crippen molar-refractivity contribution in [2.24, 2.45) is 5.41 Å². The minimum absolute atomic E-state index is 0.0705. The standard InChI is InChI=1S/C39H56N4O21/c1-27(44)62-24-39(25-63-28(2)45,26-64-29(3)46)38(58)60-14-12-40(15-30-7-5-4-6-8-30)11-13-59-23-37(57)61-22-31(43(20-35(53)54)21-36(55)56)16-41(17-32(47)48)9-10-42(18-33(49)50)19-34(51)52/h4-8,31H,9-26H2,1-3H3,(H,47,48)(H,49,50)(H,51,52)(H,53,54)(H,55,56). The second-order valence-electron chi connectivity index (χ2n) is 14.2. The summed E-state index contributed by atoms with van der Waals surface area (Å²) in [6.45, 7) is -4.61. The maximum atomic E-state index is 13.4. The molecule has 0 aliphatic rings. The fourth-order valence-corrected chi connectivity index (χ4v) is 5.67. The Morgan fingerprint density at radius 3 is 1.47 bits per heavy atom. The molecule has 358 valence electrons. The van der Waals surface area contributed by atoms with Crippen molar-refractivity contribution in [3.05, 3.63) is 35.9 Å². The van der Waals surface area contributed by atoms with Gasteiger partial charge in [0.25, 0.3) is 0 Å². The van der Waals surface area contributed by atoms with Crippen LogP contribution in [0, 0.1) is 5.41 Å². The highest BCUT2D eigenvalue weighted by atomic mass is 16.6. The van der Waals surface area contributed by atoms with Crippen LogP contribution >= 0.6 is 0 Å². The molecule has 1 aromatic rings. The number of nitrogens with zero attached hydrogens (tertiary/aromatic N) is 4. The van der Waals surface area contributed by atoms with Crippen LogP contribution in [0.4, 0.5) is 0 Å². The zero-order chi connectivity index (χ0) is 48.2. The van der Waals surface area contributed by atoms with Crippen molar-refractivity contribution < 1.29 is 102 Å². The summed E-state index contributed by atoms with van der Waals surface area (Å²) in [5.41, 5.74) is -1.05. The van der Waals surface area contributed by atoms with Gasteiger partial charge in [0, 0.05) is 60.0 Å². The monoisotopic (exact) mass is 916 g/mol. The second-order valence-corrected chi connectivity index (χ2v) is 14.2. The van der Waals surface area contributed by atoms with Gasteiger partial charge in [0.2, 0.25) is 0 Å². The molecule has 25 nitrogen and oxygen atoms in total. The van der Waals surface area contributed by atoms with Gasteiger partial charge in [-0.05, 0) is 5.56 Å². The molecule has 0 saturated carbocycles. The third kappa shape index (κ3) is 25.6. The lowest BCUT2D eigenvalue weighted by atomic mass is 9.91. The molecule has 0 aliphatic carbocycles. The van der Waals surface area contributed by atoms with Crippen molar-refractivity contribution in [3.8, 4) is 0 Å². The average Bonchev–Trinajstić information content (AvgIpc) is 3.18. The van der Waals surface area contributed by atoms with Crippen molar-refractivity contribution in [1.82, 2.24) is 19.6 Å². The molecule has 0 aliphatic heterocycles. The molecule has 0 aromatic heterocycles. The van der Waals surface area contributed by atoms with Crippen LogP contribution in [0.5, 0.6) is 0 Å². The fourth-order valence-electron chi connectivity index (χ4n) is 5.67. The maximum Gasteiger partial charge on any atom is 0.332 e. The first-order valence-corrected chi connectivity index (χ1v) is 19.5. The first-order chi connectivity index (χ1) is 30.1. The summed E-state index contributed by atoms with van der Waals surface area (Å²) in [5.74, 6) is -11.3. The van der Waals surface area contributed by atoms with Gasteiger partial charge in [0.1, 0.15) is 39.6 Å². The van der Waals surface area contributed by atoms with Gasteiger partial charge in [0.05, 0.1) is 45.4 Å². The number of benzene rings is 1. The van der Waals surface area contributed by atoms with Crippen LogP contribution < -0.4 is 0 Å². The predicted molar refractivity (Wildman–Crippen MR) is 213 cm³/mol. The molecule has 0 fully saturated rings. The number of hydrogen-bond donors (Lipinski definition) is 5. The molecule has 64 heavy (non-hydrogen) atoms. The van der Waals surface area contributed by atoms with E-state index in [1.165, 1.54) is 4.90 Å². The van der Waals surface area contributed by atoms with Crippen LogP contribution in [0.15, 0.2) is 30.3 Å². The van der Waals surface area contributed by atoms with Crippen LogP contribution in [0.2, 0.25) is 0 Å². The van der Waals surface area contributed by atoms with E-state index < -0.39 is 143 Å². The number of esters is 5. The van der Waals surface area contributed by atoms with Gasteiger partial charge in [0.15, 0.2) is 5.41 Å². The lowest BCUT2D eigenvalue weighted by molar-refractivity contribution is -0.178. The summed E-state index contributed by atoms with van der Waals surface area (Å²) >= 11 is 0.